The first kappa shape index (κ1) is 19.0. The second kappa shape index (κ2) is 8.77. The molecule has 2 aromatic heterocycles. The van der Waals surface area contributed by atoms with Crippen LogP contribution in [0.15, 0.2) is 62.5 Å². The van der Waals surface area contributed by atoms with Crippen molar-refractivity contribution in [2.75, 3.05) is 0 Å². The van der Waals surface area contributed by atoms with E-state index in [0.717, 1.165) is 43.4 Å². The van der Waals surface area contributed by atoms with Crippen molar-refractivity contribution in [1.29, 1.82) is 0 Å². The van der Waals surface area contributed by atoms with Crippen molar-refractivity contribution >= 4 is 61.0 Å². The van der Waals surface area contributed by atoms with Gasteiger partial charge in [0.25, 0.3) is 0 Å². The summed E-state index contributed by atoms with van der Waals surface area (Å²) in [5.74, 6) is 2.65. The van der Waals surface area contributed by atoms with E-state index in [9.17, 15) is 0 Å². The fraction of sp³-hybridized carbons (Fsp3) is 0.211. The molecule has 0 bridgehead atoms. The number of nitrogens with zero attached hydrogens (tertiary/aromatic N) is 4. The van der Waals surface area contributed by atoms with Gasteiger partial charge in [0.1, 0.15) is 5.82 Å². The Hall–Kier alpha value is -1.35. The number of fused-ring (bicyclic) bond motifs is 1. The average Bonchev–Trinajstić information content (AvgIpc) is 3.27. The third-order valence-corrected chi connectivity index (χ3v) is 7.67. The number of rotatable bonds is 7. The van der Waals surface area contributed by atoms with E-state index in [1.807, 2.05) is 12.1 Å². The minimum Gasteiger partial charge on any atom is -0.306 e. The van der Waals surface area contributed by atoms with Gasteiger partial charge in [-0.1, -0.05) is 63.7 Å². The molecule has 0 N–H and O–H groups in total. The molecule has 0 saturated carbocycles. The first-order chi connectivity index (χ1) is 13.2. The molecule has 4 rings (SSSR count). The number of aromatic nitrogens is 4. The Bertz CT molecular complexity index is 1030. The van der Waals surface area contributed by atoms with Gasteiger partial charge in [-0.25, -0.2) is 4.98 Å². The van der Waals surface area contributed by atoms with E-state index in [2.05, 4.69) is 79.0 Å². The maximum absolute atomic E-state index is 4.69. The van der Waals surface area contributed by atoms with Crippen LogP contribution in [0.4, 0.5) is 0 Å². The number of hydrogen-bond acceptors (Lipinski definition) is 6. The lowest BCUT2D eigenvalue weighted by Crippen LogP contribution is -2.02. The summed E-state index contributed by atoms with van der Waals surface area (Å²) < 4.78 is 5.60. The largest absolute Gasteiger partial charge is 0.306 e. The van der Waals surface area contributed by atoms with E-state index in [-0.39, 0.29) is 0 Å². The van der Waals surface area contributed by atoms with E-state index in [0.29, 0.717) is 0 Å². The molecule has 4 nitrogen and oxygen atoms in total. The molecule has 0 amide bonds. The van der Waals surface area contributed by atoms with Gasteiger partial charge in [0.15, 0.2) is 9.50 Å². The zero-order valence-electron chi connectivity index (χ0n) is 14.6. The summed E-state index contributed by atoms with van der Waals surface area (Å²) >= 11 is 8.71. The number of thioether (sulfide) groups is 2. The molecule has 0 radical (unpaired) electrons. The Morgan fingerprint density at radius 1 is 1.04 bits per heavy atom. The van der Waals surface area contributed by atoms with Gasteiger partial charge < -0.3 is 4.57 Å². The average molecular weight is 477 g/mol. The zero-order valence-corrected chi connectivity index (χ0v) is 18.7. The number of para-hydroxylation sites is 1. The summed E-state index contributed by atoms with van der Waals surface area (Å²) in [4.78, 5) is 4.69. The van der Waals surface area contributed by atoms with Gasteiger partial charge in [0, 0.05) is 16.8 Å². The van der Waals surface area contributed by atoms with Crippen molar-refractivity contribution in [3.8, 4) is 0 Å². The predicted molar refractivity (Wildman–Crippen MR) is 119 cm³/mol. The lowest BCUT2D eigenvalue weighted by Gasteiger charge is -2.07. The van der Waals surface area contributed by atoms with E-state index >= 15 is 0 Å². The van der Waals surface area contributed by atoms with Gasteiger partial charge in [0.2, 0.25) is 0 Å². The topological polar surface area (TPSA) is 43.6 Å². The summed E-state index contributed by atoms with van der Waals surface area (Å²) in [7, 11) is 0. The van der Waals surface area contributed by atoms with Crippen LogP contribution in [0.3, 0.4) is 0 Å². The van der Waals surface area contributed by atoms with Crippen molar-refractivity contribution in [3.05, 3.63) is 64.4 Å². The van der Waals surface area contributed by atoms with E-state index < -0.39 is 0 Å². The van der Waals surface area contributed by atoms with Crippen LogP contribution in [0.1, 0.15) is 18.3 Å². The zero-order chi connectivity index (χ0) is 18.6. The van der Waals surface area contributed by atoms with Crippen LogP contribution in [0.25, 0.3) is 10.2 Å². The summed E-state index contributed by atoms with van der Waals surface area (Å²) in [5, 5.41) is 9.81. The number of halogens is 1. The molecule has 0 aliphatic heterocycles. The third-order valence-electron chi connectivity index (χ3n) is 3.97. The van der Waals surface area contributed by atoms with Crippen LogP contribution < -0.4 is 0 Å². The highest BCUT2D eigenvalue weighted by Crippen LogP contribution is 2.32. The van der Waals surface area contributed by atoms with Crippen molar-refractivity contribution in [2.45, 2.75) is 34.5 Å². The molecule has 0 spiro atoms. The number of hydrogen-bond donors (Lipinski definition) is 0. The second-order valence-corrected chi connectivity index (χ2v) is 9.91. The smallest absolute Gasteiger partial charge is 0.191 e. The highest BCUT2D eigenvalue weighted by molar-refractivity contribution is 9.10. The van der Waals surface area contributed by atoms with E-state index in [1.54, 1.807) is 34.9 Å². The molecule has 27 heavy (non-hydrogen) atoms. The summed E-state index contributed by atoms with van der Waals surface area (Å²) in [6.45, 7) is 3.00. The van der Waals surface area contributed by atoms with Crippen LogP contribution >= 0.6 is 50.8 Å². The third kappa shape index (κ3) is 4.56. The standard InChI is InChI=1S/C19H17BrN4S3/c1-2-24-17(12-26-19-21-15-8-3-4-9-16(15)27-19)22-23-18(24)25-11-13-6-5-7-14(20)10-13/h3-10H,2,11-12H2,1H3. The molecule has 0 unspecified atom stereocenters. The van der Waals surface area contributed by atoms with Gasteiger partial charge in [-0.05, 0) is 36.8 Å². The van der Waals surface area contributed by atoms with Crippen LogP contribution in [-0.4, -0.2) is 19.7 Å². The lowest BCUT2D eigenvalue weighted by molar-refractivity contribution is 0.659. The first-order valence-electron chi connectivity index (χ1n) is 8.50. The van der Waals surface area contributed by atoms with Crippen molar-refractivity contribution in [3.63, 3.8) is 0 Å². The number of thiazole rings is 1. The van der Waals surface area contributed by atoms with Crippen LogP contribution in [-0.2, 0) is 18.1 Å². The normalized spacial score (nSPS) is 11.3. The maximum Gasteiger partial charge on any atom is 0.191 e. The Balaban J connectivity index is 1.44. The molecule has 2 heterocycles. The maximum atomic E-state index is 4.69. The van der Waals surface area contributed by atoms with E-state index in [1.165, 1.54) is 10.3 Å². The first-order valence-corrected chi connectivity index (χ1v) is 12.1. The second-order valence-electron chi connectivity index (χ2n) is 5.80. The molecule has 0 atom stereocenters. The van der Waals surface area contributed by atoms with Crippen LogP contribution in [0.5, 0.6) is 0 Å². The van der Waals surface area contributed by atoms with Gasteiger partial charge in [-0.3, -0.25) is 0 Å². The van der Waals surface area contributed by atoms with Gasteiger partial charge in [-0.2, -0.15) is 0 Å². The molecule has 8 heteroatoms. The molecule has 0 saturated heterocycles. The molecule has 0 fully saturated rings. The van der Waals surface area contributed by atoms with Crippen molar-refractivity contribution < 1.29 is 0 Å². The Morgan fingerprint density at radius 2 is 1.93 bits per heavy atom. The highest BCUT2D eigenvalue weighted by atomic mass is 79.9. The SMILES string of the molecule is CCn1c(CSc2nc3ccccc3s2)nnc1SCc1cccc(Br)c1. The Morgan fingerprint density at radius 3 is 2.74 bits per heavy atom. The molecular weight excluding hydrogens is 460 g/mol. The fourth-order valence-electron chi connectivity index (χ4n) is 2.66. The molecule has 4 aromatic rings. The minimum absolute atomic E-state index is 0.776. The van der Waals surface area contributed by atoms with Crippen molar-refractivity contribution in [2.24, 2.45) is 0 Å². The van der Waals surface area contributed by atoms with Crippen LogP contribution in [0.2, 0.25) is 0 Å². The molecule has 138 valence electrons. The predicted octanol–water partition coefficient (Wildman–Crippen LogP) is 6.25. The highest BCUT2D eigenvalue weighted by Gasteiger charge is 2.13. The summed E-state index contributed by atoms with van der Waals surface area (Å²) in [5.41, 5.74) is 2.33. The van der Waals surface area contributed by atoms with Crippen LogP contribution in [0, 0.1) is 0 Å². The molecule has 0 aliphatic rings. The van der Waals surface area contributed by atoms with Gasteiger partial charge in [0.05, 0.1) is 16.0 Å². The molecule has 0 aliphatic carbocycles. The lowest BCUT2D eigenvalue weighted by atomic mass is 10.2. The monoisotopic (exact) mass is 476 g/mol. The Labute approximate surface area is 178 Å². The molecule has 2 aromatic carbocycles. The fourth-order valence-corrected chi connectivity index (χ4v) is 6.08. The summed E-state index contributed by atoms with van der Waals surface area (Å²) in [6.07, 6.45) is 0. The number of benzene rings is 2. The minimum atomic E-state index is 0.776. The van der Waals surface area contributed by atoms with Gasteiger partial charge in [-0.15, -0.1) is 21.5 Å². The Kier molecular flexibility index (Phi) is 6.17. The molecular formula is C19H17BrN4S3. The van der Waals surface area contributed by atoms with E-state index in [4.69, 9.17) is 0 Å². The van der Waals surface area contributed by atoms with Crippen molar-refractivity contribution in [1.82, 2.24) is 19.7 Å². The quantitative estimate of drug-likeness (QED) is 0.294. The summed E-state index contributed by atoms with van der Waals surface area (Å²) in [6, 6.07) is 16.6. The van der Waals surface area contributed by atoms with Gasteiger partial charge >= 0.3 is 0 Å².